The molecule has 0 amide bonds. The van der Waals surface area contributed by atoms with Gasteiger partial charge < -0.3 is 14.5 Å². The van der Waals surface area contributed by atoms with Gasteiger partial charge in [0.05, 0.1) is 12.2 Å². The molecule has 3 saturated carbocycles. The van der Waals surface area contributed by atoms with Gasteiger partial charge in [0.25, 0.3) is 0 Å². The molecule has 4 fully saturated rings. The van der Waals surface area contributed by atoms with Crippen molar-refractivity contribution >= 4 is 5.97 Å². The first-order chi connectivity index (χ1) is 14.5. The number of carbonyl (C=O) groups excluding carboxylic acids is 1. The van der Waals surface area contributed by atoms with Gasteiger partial charge in [0.15, 0.2) is 0 Å². The van der Waals surface area contributed by atoms with Gasteiger partial charge >= 0.3 is 5.97 Å². The lowest BCUT2D eigenvalue weighted by molar-refractivity contribution is -0.146. The van der Waals surface area contributed by atoms with Crippen molar-refractivity contribution < 1.29 is 13.9 Å². The Morgan fingerprint density at radius 2 is 2.13 bits per heavy atom. The van der Waals surface area contributed by atoms with Crippen LogP contribution in [-0.4, -0.2) is 24.7 Å². The van der Waals surface area contributed by atoms with Gasteiger partial charge in [-0.05, 0) is 74.3 Å². The number of nitrogens with one attached hydrogen (secondary N) is 1. The standard InChI is InChI=1S/C26H37NO3/c1-17-7-5-11-26(2)15-24-20(14-22(17)26)21(25(28)30-24)16-27-23-10-4-3-8-18(23)13-19-9-6-12-29-19/h6,9,12,18,20-24,27H,1,3-5,7-8,10-11,13-16H2,2H3/t18-,20-,21-,22-,23+,24-,26-/m1/s1. The molecular formula is C26H37NO3. The quantitative estimate of drug-likeness (QED) is 0.529. The molecule has 3 aliphatic carbocycles. The third kappa shape index (κ3) is 3.77. The first kappa shape index (κ1) is 20.4. The van der Waals surface area contributed by atoms with E-state index in [2.05, 4.69) is 24.9 Å². The van der Waals surface area contributed by atoms with Gasteiger partial charge in [-0.15, -0.1) is 0 Å². The lowest BCUT2D eigenvalue weighted by Crippen LogP contribution is -2.47. The zero-order valence-corrected chi connectivity index (χ0v) is 18.4. The molecule has 1 aromatic rings. The van der Waals surface area contributed by atoms with E-state index in [1.165, 1.54) is 44.1 Å². The lowest BCUT2D eigenvalue weighted by atomic mass is 9.55. The lowest BCUT2D eigenvalue weighted by Gasteiger charge is -2.50. The summed E-state index contributed by atoms with van der Waals surface area (Å²) in [5.74, 6) is 2.61. The van der Waals surface area contributed by atoms with Crippen molar-refractivity contribution in [1.82, 2.24) is 5.32 Å². The third-order valence-corrected chi connectivity index (χ3v) is 8.87. The highest BCUT2D eigenvalue weighted by molar-refractivity contribution is 5.75. The molecule has 0 spiro atoms. The van der Waals surface area contributed by atoms with E-state index in [0.29, 0.717) is 23.8 Å². The van der Waals surface area contributed by atoms with Crippen LogP contribution >= 0.6 is 0 Å². The van der Waals surface area contributed by atoms with Crippen LogP contribution in [0.4, 0.5) is 0 Å². The van der Waals surface area contributed by atoms with Gasteiger partial charge in [-0.3, -0.25) is 4.79 Å². The number of esters is 1. The summed E-state index contributed by atoms with van der Waals surface area (Å²) in [6, 6.07) is 4.53. The molecule has 1 N–H and O–H groups in total. The second kappa shape index (κ2) is 8.18. The van der Waals surface area contributed by atoms with Gasteiger partial charge in [0.2, 0.25) is 0 Å². The van der Waals surface area contributed by atoms with Gasteiger partial charge in [0.1, 0.15) is 11.9 Å². The van der Waals surface area contributed by atoms with Crippen LogP contribution in [0.3, 0.4) is 0 Å². The van der Waals surface area contributed by atoms with Crippen molar-refractivity contribution in [2.45, 2.75) is 83.3 Å². The molecule has 0 radical (unpaired) electrons. The van der Waals surface area contributed by atoms with Crippen molar-refractivity contribution in [1.29, 1.82) is 0 Å². The van der Waals surface area contributed by atoms with E-state index in [0.717, 1.165) is 38.0 Å². The van der Waals surface area contributed by atoms with Crippen LogP contribution in [0.2, 0.25) is 0 Å². The molecule has 30 heavy (non-hydrogen) atoms. The first-order valence-electron chi connectivity index (χ1n) is 12.2. The van der Waals surface area contributed by atoms with Crippen LogP contribution in [0.25, 0.3) is 0 Å². The summed E-state index contributed by atoms with van der Waals surface area (Å²) in [4.78, 5) is 12.8. The van der Waals surface area contributed by atoms with Crippen molar-refractivity contribution in [3.63, 3.8) is 0 Å². The summed E-state index contributed by atoms with van der Waals surface area (Å²) >= 11 is 0. The van der Waals surface area contributed by atoms with Crippen LogP contribution in [0.5, 0.6) is 0 Å². The molecule has 4 aliphatic rings. The second-order valence-electron chi connectivity index (χ2n) is 10.7. The molecule has 1 aliphatic heterocycles. The number of rotatable bonds is 5. The summed E-state index contributed by atoms with van der Waals surface area (Å²) in [5.41, 5.74) is 1.69. The zero-order chi connectivity index (χ0) is 20.7. The van der Waals surface area contributed by atoms with E-state index in [4.69, 9.17) is 9.15 Å². The van der Waals surface area contributed by atoms with Gasteiger partial charge in [-0.1, -0.05) is 31.9 Å². The van der Waals surface area contributed by atoms with Crippen molar-refractivity contribution in [2.24, 2.45) is 29.1 Å². The predicted octanol–water partition coefficient (Wildman–Crippen LogP) is 5.28. The van der Waals surface area contributed by atoms with Crippen LogP contribution in [0.1, 0.15) is 70.5 Å². The normalized spacial score (nSPS) is 41.2. The molecular weight excluding hydrogens is 374 g/mol. The fourth-order valence-corrected chi connectivity index (χ4v) is 7.18. The van der Waals surface area contributed by atoms with E-state index in [9.17, 15) is 4.79 Å². The van der Waals surface area contributed by atoms with E-state index in [1.54, 1.807) is 6.26 Å². The van der Waals surface area contributed by atoms with Gasteiger partial charge in [-0.2, -0.15) is 0 Å². The zero-order valence-electron chi connectivity index (χ0n) is 18.4. The van der Waals surface area contributed by atoms with Crippen LogP contribution < -0.4 is 5.32 Å². The van der Waals surface area contributed by atoms with E-state index in [1.807, 2.05) is 6.07 Å². The minimum atomic E-state index is 0.000431. The topological polar surface area (TPSA) is 51.5 Å². The summed E-state index contributed by atoms with van der Waals surface area (Å²) < 4.78 is 11.6. The Morgan fingerprint density at radius 3 is 2.97 bits per heavy atom. The minimum absolute atomic E-state index is 0.000431. The van der Waals surface area contributed by atoms with Crippen molar-refractivity contribution in [3.05, 3.63) is 36.3 Å². The molecule has 0 bridgehead atoms. The van der Waals surface area contributed by atoms with Crippen molar-refractivity contribution in [2.75, 3.05) is 6.54 Å². The van der Waals surface area contributed by atoms with Gasteiger partial charge in [0, 0.05) is 24.9 Å². The fourth-order valence-electron chi connectivity index (χ4n) is 7.18. The monoisotopic (exact) mass is 411 g/mol. The number of allylic oxidation sites excluding steroid dienone is 1. The number of carbonyl (C=O) groups is 1. The van der Waals surface area contributed by atoms with Crippen LogP contribution in [0, 0.1) is 29.1 Å². The molecule has 4 heteroatoms. The van der Waals surface area contributed by atoms with Crippen molar-refractivity contribution in [3.8, 4) is 0 Å². The Hall–Kier alpha value is -1.55. The van der Waals surface area contributed by atoms with E-state index in [-0.39, 0.29) is 23.4 Å². The maximum atomic E-state index is 12.8. The number of fused-ring (bicyclic) bond motifs is 2. The maximum Gasteiger partial charge on any atom is 0.310 e. The molecule has 2 heterocycles. The average Bonchev–Trinajstić information content (AvgIpc) is 3.33. The highest BCUT2D eigenvalue weighted by Gasteiger charge is 2.55. The predicted molar refractivity (Wildman–Crippen MR) is 117 cm³/mol. The number of hydrogen-bond acceptors (Lipinski definition) is 4. The summed E-state index contributed by atoms with van der Waals surface area (Å²) in [6.45, 7) is 7.58. The van der Waals surface area contributed by atoms with Gasteiger partial charge in [-0.25, -0.2) is 0 Å². The molecule has 7 atom stereocenters. The molecule has 4 nitrogen and oxygen atoms in total. The summed E-state index contributed by atoms with van der Waals surface area (Å²) in [5, 5.41) is 3.82. The Bertz CT molecular complexity index is 771. The SMILES string of the molecule is C=C1CCC[C@]2(C)C[C@H]3OC(=O)[C@H](CN[C@H]4CCCC[C@@H]4Cc4ccco4)[C@H]3C[C@H]12. The minimum Gasteiger partial charge on any atom is -0.469 e. The smallest absolute Gasteiger partial charge is 0.310 e. The number of furan rings is 1. The molecule has 0 unspecified atom stereocenters. The third-order valence-electron chi connectivity index (χ3n) is 8.87. The molecule has 1 saturated heterocycles. The Balaban J connectivity index is 1.24. The van der Waals surface area contributed by atoms with E-state index >= 15 is 0 Å². The molecule has 5 rings (SSSR count). The molecule has 0 aromatic carbocycles. The summed E-state index contributed by atoms with van der Waals surface area (Å²) in [7, 11) is 0. The largest absolute Gasteiger partial charge is 0.469 e. The molecule has 1 aromatic heterocycles. The Kier molecular flexibility index (Phi) is 5.55. The highest BCUT2D eigenvalue weighted by Crippen LogP contribution is 2.56. The summed E-state index contributed by atoms with van der Waals surface area (Å²) in [6.07, 6.45) is 13.6. The maximum absolute atomic E-state index is 12.8. The van der Waals surface area contributed by atoms with E-state index < -0.39 is 0 Å². The average molecular weight is 412 g/mol. The van der Waals surface area contributed by atoms with Crippen LogP contribution in [0.15, 0.2) is 35.0 Å². The Morgan fingerprint density at radius 1 is 1.27 bits per heavy atom. The second-order valence-corrected chi connectivity index (χ2v) is 10.7. The molecule has 164 valence electrons. The first-order valence-corrected chi connectivity index (χ1v) is 12.2. The fraction of sp³-hybridized carbons (Fsp3) is 0.731. The number of hydrogen-bond donors (Lipinski definition) is 1. The Labute approximate surface area is 180 Å². The highest BCUT2D eigenvalue weighted by atomic mass is 16.6. The number of ether oxygens (including phenoxy) is 1. The van der Waals surface area contributed by atoms with Crippen LogP contribution in [-0.2, 0) is 16.0 Å².